The van der Waals surface area contributed by atoms with Crippen LogP contribution >= 0.6 is 0 Å². The summed E-state index contributed by atoms with van der Waals surface area (Å²) in [6, 6.07) is 9.17. The van der Waals surface area contributed by atoms with Crippen LogP contribution in [0.3, 0.4) is 0 Å². The van der Waals surface area contributed by atoms with Gasteiger partial charge < -0.3 is 10.1 Å². The van der Waals surface area contributed by atoms with Gasteiger partial charge in [-0.1, -0.05) is 37.1 Å². The van der Waals surface area contributed by atoms with Crippen molar-refractivity contribution in [2.75, 3.05) is 19.7 Å². The topological polar surface area (TPSA) is 41.6 Å². The number of aryl methyl sites for hydroxylation is 1. The van der Waals surface area contributed by atoms with E-state index in [9.17, 15) is 4.79 Å². The predicted octanol–water partition coefficient (Wildman–Crippen LogP) is 2.82. The first-order valence-electron chi connectivity index (χ1n) is 9.54. The number of rotatable bonds is 3. The first-order chi connectivity index (χ1) is 11.8. The van der Waals surface area contributed by atoms with Crippen LogP contribution in [0.5, 0.6) is 0 Å². The maximum absolute atomic E-state index is 12.7. The number of morpholine rings is 1. The van der Waals surface area contributed by atoms with Gasteiger partial charge in [0.1, 0.15) is 0 Å². The van der Waals surface area contributed by atoms with E-state index < -0.39 is 0 Å². The summed E-state index contributed by atoms with van der Waals surface area (Å²) in [5.41, 5.74) is 2.71. The summed E-state index contributed by atoms with van der Waals surface area (Å²) in [5, 5.41) is 3.30. The van der Waals surface area contributed by atoms with Crippen molar-refractivity contribution in [2.45, 2.75) is 63.1 Å². The molecule has 4 rings (SSSR count). The second kappa shape index (κ2) is 7.24. The molecule has 0 unspecified atom stereocenters. The standard InChI is InChI=1S/C20H28N2O2/c23-20(14-22-12-13-24-19-11-4-3-10-18(19)22)21-17-9-5-7-15-6-1-2-8-16(15)17/h1-2,6,8,17-19H,3-5,7,9-14H2,(H,21,23)/t17-,18-,19+/m0/s1. The molecule has 1 aromatic rings. The van der Waals surface area contributed by atoms with Gasteiger partial charge in [-0.2, -0.15) is 0 Å². The first kappa shape index (κ1) is 16.1. The third-order valence-corrected chi connectivity index (χ3v) is 5.90. The number of nitrogens with one attached hydrogen (secondary N) is 1. The lowest BCUT2D eigenvalue weighted by Crippen LogP contribution is -2.55. The largest absolute Gasteiger partial charge is 0.375 e. The Morgan fingerprint density at radius 2 is 2.04 bits per heavy atom. The molecule has 1 N–H and O–H groups in total. The molecule has 130 valence electrons. The van der Waals surface area contributed by atoms with Crippen molar-refractivity contribution in [1.82, 2.24) is 10.2 Å². The van der Waals surface area contributed by atoms with Crippen molar-refractivity contribution in [3.63, 3.8) is 0 Å². The van der Waals surface area contributed by atoms with Crippen LogP contribution in [0.2, 0.25) is 0 Å². The van der Waals surface area contributed by atoms with E-state index in [2.05, 4.69) is 34.5 Å². The average molecular weight is 328 g/mol. The molecule has 1 aliphatic heterocycles. The number of fused-ring (bicyclic) bond motifs is 2. The van der Waals surface area contributed by atoms with Crippen LogP contribution in [0.4, 0.5) is 0 Å². The lowest BCUT2D eigenvalue weighted by molar-refractivity contribution is -0.130. The Labute approximate surface area is 144 Å². The van der Waals surface area contributed by atoms with Gasteiger partial charge in [0, 0.05) is 12.6 Å². The van der Waals surface area contributed by atoms with E-state index in [4.69, 9.17) is 4.74 Å². The van der Waals surface area contributed by atoms with E-state index in [0.717, 1.165) is 38.8 Å². The molecule has 1 heterocycles. The molecule has 2 aliphatic carbocycles. The van der Waals surface area contributed by atoms with Gasteiger partial charge in [-0.15, -0.1) is 0 Å². The van der Waals surface area contributed by atoms with Gasteiger partial charge in [0.25, 0.3) is 0 Å². The summed E-state index contributed by atoms with van der Waals surface area (Å²) in [6.45, 7) is 2.17. The van der Waals surface area contributed by atoms with Crippen molar-refractivity contribution < 1.29 is 9.53 Å². The summed E-state index contributed by atoms with van der Waals surface area (Å²) in [5.74, 6) is 0.169. The number of carbonyl (C=O) groups excluding carboxylic acids is 1. The third-order valence-electron chi connectivity index (χ3n) is 5.90. The SMILES string of the molecule is O=C(CN1CCO[C@@H]2CCCC[C@@H]21)N[C@H]1CCCc2ccccc21. The molecule has 1 amide bonds. The highest BCUT2D eigenvalue weighted by Gasteiger charge is 2.35. The molecule has 24 heavy (non-hydrogen) atoms. The Balaban J connectivity index is 1.38. The predicted molar refractivity (Wildman–Crippen MR) is 93.8 cm³/mol. The van der Waals surface area contributed by atoms with E-state index in [1.54, 1.807) is 0 Å². The number of carbonyl (C=O) groups is 1. The Kier molecular flexibility index (Phi) is 4.86. The van der Waals surface area contributed by atoms with Gasteiger partial charge in [0.2, 0.25) is 5.91 Å². The molecular weight excluding hydrogens is 300 g/mol. The fourth-order valence-electron chi connectivity index (χ4n) is 4.70. The fraction of sp³-hybridized carbons (Fsp3) is 0.650. The van der Waals surface area contributed by atoms with Gasteiger partial charge >= 0.3 is 0 Å². The minimum absolute atomic E-state index is 0.169. The van der Waals surface area contributed by atoms with Crippen LogP contribution in [-0.4, -0.2) is 42.6 Å². The molecule has 3 atom stereocenters. The van der Waals surface area contributed by atoms with Crippen molar-refractivity contribution in [2.24, 2.45) is 0 Å². The van der Waals surface area contributed by atoms with Crippen LogP contribution in [0, 0.1) is 0 Å². The number of amides is 1. The van der Waals surface area contributed by atoms with Crippen molar-refractivity contribution in [3.8, 4) is 0 Å². The Bertz CT molecular complexity index is 587. The van der Waals surface area contributed by atoms with Gasteiger partial charge in [0.05, 0.1) is 25.3 Å². The summed E-state index contributed by atoms with van der Waals surface area (Å²) in [6.07, 6.45) is 8.54. The van der Waals surface area contributed by atoms with E-state index in [1.807, 2.05) is 0 Å². The van der Waals surface area contributed by atoms with Crippen LogP contribution < -0.4 is 5.32 Å². The number of nitrogens with zero attached hydrogens (tertiary/aromatic N) is 1. The quantitative estimate of drug-likeness (QED) is 0.928. The zero-order valence-electron chi connectivity index (χ0n) is 14.4. The first-order valence-corrected chi connectivity index (χ1v) is 9.54. The van der Waals surface area contributed by atoms with Crippen molar-refractivity contribution in [1.29, 1.82) is 0 Å². The molecule has 0 bridgehead atoms. The zero-order chi connectivity index (χ0) is 16.4. The highest BCUT2D eigenvalue weighted by Crippen LogP contribution is 2.30. The minimum Gasteiger partial charge on any atom is -0.375 e. The van der Waals surface area contributed by atoms with Crippen molar-refractivity contribution in [3.05, 3.63) is 35.4 Å². The van der Waals surface area contributed by atoms with Crippen LogP contribution in [-0.2, 0) is 16.0 Å². The van der Waals surface area contributed by atoms with E-state index in [-0.39, 0.29) is 11.9 Å². The van der Waals surface area contributed by atoms with E-state index in [1.165, 1.54) is 30.4 Å². The van der Waals surface area contributed by atoms with Gasteiger partial charge in [0.15, 0.2) is 0 Å². The molecule has 4 nitrogen and oxygen atoms in total. The van der Waals surface area contributed by atoms with Gasteiger partial charge in [-0.3, -0.25) is 9.69 Å². The molecule has 0 radical (unpaired) electrons. The molecule has 1 saturated heterocycles. The van der Waals surface area contributed by atoms with Crippen LogP contribution in [0.25, 0.3) is 0 Å². The summed E-state index contributed by atoms with van der Waals surface area (Å²) < 4.78 is 5.92. The fourth-order valence-corrected chi connectivity index (χ4v) is 4.70. The molecule has 0 spiro atoms. The number of ether oxygens (including phenoxy) is 1. The third kappa shape index (κ3) is 3.35. The zero-order valence-corrected chi connectivity index (χ0v) is 14.4. The lowest BCUT2D eigenvalue weighted by atomic mass is 9.87. The lowest BCUT2D eigenvalue weighted by Gasteiger charge is -2.43. The summed E-state index contributed by atoms with van der Waals surface area (Å²) in [7, 11) is 0. The normalized spacial score (nSPS) is 30.2. The molecule has 1 aromatic carbocycles. The maximum atomic E-state index is 12.7. The summed E-state index contributed by atoms with van der Waals surface area (Å²) in [4.78, 5) is 15.0. The Morgan fingerprint density at radius 1 is 1.17 bits per heavy atom. The molecule has 3 aliphatic rings. The van der Waals surface area contributed by atoms with E-state index >= 15 is 0 Å². The molecule has 4 heteroatoms. The number of benzene rings is 1. The average Bonchev–Trinajstić information content (AvgIpc) is 2.62. The number of hydrogen-bond donors (Lipinski definition) is 1. The number of hydrogen-bond acceptors (Lipinski definition) is 3. The summed E-state index contributed by atoms with van der Waals surface area (Å²) >= 11 is 0. The van der Waals surface area contributed by atoms with Gasteiger partial charge in [-0.05, 0) is 43.2 Å². The highest BCUT2D eigenvalue weighted by atomic mass is 16.5. The monoisotopic (exact) mass is 328 g/mol. The second-order valence-corrected chi connectivity index (χ2v) is 7.44. The smallest absolute Gasteiger partial charge is 0.234 e. The molecular formula is C20H28N2O2. The molecule has 0 aromatic heterocycles. The van der Waals surface area contributed by atoms with Crippen LogP contribution in [0.1, 0.15) is 55.7 Å². The maximum Gasteiger partial charge on any atom is 0.234 e. The molecule has 2 fully saturated rings. The molecule has 1 saturated carbocycles. The van der Waals surface area contributed by atoms with Crippen LogP contribution in [0.15, 0.2) is 24.3 Å². The minimum atomic E-state index is 0.169. The second-order valence-electron chi connectivity index (χ2n) is 7.44. The van der Waals surface area contributed by atoms with Gasteiger partial charge in [-0.25, -0.2) is 0 Å². The van der Waals surface area contributed by atoms with E-state index in [0.29, 0.717) is 18.7 Å². The Morgan fingerprint density at radius 3 is 3.00 bits per heavy atom. The Hall–Kier alpha value is -1.39. The van der Waals surface area contributed by atoms with Crippen molar-refractivity contribution >= 4 is 5.91 Å². The highest BCUT2D eigenvalue weighted by molar-refractivity contribution is 5.78.